The van der Waals surface area contributed by atoms with Crippen LogP contribution >= 0.6 is 11.6 Å². The Hall–Kier alpha value is -4.01. The number of hydrogen-bond acceptors (Lipinski definition) is 2. The summed E-state index contributed by atoms with van der Waals surface area (Å²) in [5.41, 5.74) is 9.50. The van der Waals surface area contributed by atoms with Gasteiger partial charge in [-0.15, -0.1) is 0 Å². The van der Waals surface area contributed by atoms with Gasteiger partial charge in [0.1, 0.15) is 0 Å². The van der Waals surface area contributed by atoms with E-state index in [1.165, 1.54) is 72.2 Å². The molecule has 5 aromatic carbocycles. The summed E-state index contributed by atoms with van der Waals surface area (Å²) in [4.78, 5) is 5.28. The topological polar surface area (TPSA) is 6.48 Å². The largest absolute Gasteiger partial charge is 0.365 e. The molecule has 10 rings (SSSR count). The van der Waals surface area contributed by atoms with Gasteiger partial charge in [-0.1, -0.05) is 115 Å². The predicted molar refractivity (Wildman–Crippen MR) is 189 cm³/mol. The van der Waals surface area contributed by atoms with Gasteiger partial charge in [0.05, 0.1) is 5.69 Å². The zero-order valence-corrected chi connectivity index (χ0v) is 26.4. The molecule has 6 unspecified atom stereocenters. The Morgan fingerprint density at radius 3 is 1.91 bits per heavy atom. The van der Waals surface area contributed by atoms with Crippen molar-refractivity contribution in [2.45, 2.75) is 50.6 Å². The zero-order chi connectivity index (χ0) is 29.9. The second kappa shape index (κ2) is 11.1. The van der Waals surface area contributed by atoms with Crippen LogP contribution in [-0.4, -0.2) is 12.1 Å². The molecule has 3 aliphatic carbocycles. The van der Waals surface area contributed by atoms with Crippen LogP contribution in [0.4, 0.5) is 22.7 Å². The highest BCUT2D eigenvalue weighted by Gasteiger charge is 2.57. The summed E-state index contributed by atoms with van der Waals surface area (Å²) in [6.07, 6.45) is 8.37. The third-order valence-corrected chi connectivity index (χ3v) is 11.8. The number of benzene rings is 5. The van der Waals surface area contributed by atoms with Crippen LogP contribution in [0, 0.1) is 23.7 Å². The van der Waals surface area contributed by atoms with Gasteiger partial charge in [0.2, 0.25) is 0 Å². The van der Waals surface area contributed by atoms with E-state index >= 15 is 0 Å². The molecule has 0 aromatic heterocycles. The summed E-state index contributed by atoms with van der Waals surface area (Å²) in [6, 6.07) is 47.3. The lowest BCUT2D eigenvalue weighted by atomic mass is 9.49. The number of para-hydroxylation sites is 2. The molecule has 2 aliphatic heterocycles. The predicted octanol–water partition coefficient (Wildman–Crippen LogP) is 11.5. The van der Waals surface area contributed by atoms with Crippen LogP contribution in [0.25, 0.3) is 22.3 Å². The van der Waals surface area contributed by atoms with E-state index < -0.39 is 0 Å². The van der Waals surface area contributed by atoms with Gasteiger partial charge in [-0.05, 0) is 97.2 Å². The maximum Gasteiger partial charge on any atom is 0.0618 e. The van der Waals surface area contributed by atoms with Crippen LogP contribution in [0.1, 0.15) is 38.5 Å². The van der Waals surface area contributed by atoms with Crippen molar-refractivity contribution in [3.63, 3.8) is 0 Å². The number of anilines is 4. The van der Waals surface area contributed by atoms with Gasteiger partial charge in [0, 0.05) is 45.3 Å². The lowest BCUT2D eigenvalue weighted by Gasteiger charge is -2.66. The molecule has 3 saturated carbocycles. The van der Waals surface area contributed by atoms with Crippen LogP contribution in [0.5, 0.6) is 0 Å². The van der Waals surface area contributed by atoms with E-state index in [0.29, 0.717) is 12.1 Å². The van der Waals surface area contributed by atoms with Gasteiger partial charge < -0.3 is 9.80 Å². The molecule has 5 fully saturated rings. The number of rotatable bonds is 6. The Kier molecular flexibility index (Phi) is 6.74. The van der Waals surface area contributed by atoms with E-state index in [2.05, 4.69) is 137 Å². The van der Waals surface area contributed by atoms with Gasteiger partial charge in [-0.2, -0.15) is 0 Å². The second-order valence-corrected chi connectivity index (χ2v) is 14.2. The third-order valence-electron chi connectivity index (χ3n) is 11.6. The molecule has 5 aliphatic rings. The van der Waals surface area contributed by atoms with Crippen LogP contribution in [0.2, 0.25) is 5.02 Å². The molecule has 2 heterocycles. The monoisotopic (exact) mass is 606 g/mol. The SMILES string of the molecule is Clc1cc(N(c2ccccc2)c2c(-c3ccccc3)cccc2-c2ccccc2)cc(N2C3CC4CC2C2CCCC4C2C3)c1. The molecule has 2 saturated heterocycles. The Morgan fingerprint density at radius 1 is 0.578 bits per heavy atom. The number of hydrogen-bond donors (Lipinski definition) is 0. The highest BCUT2D eigenvalue weighted by molar-refractivity contribution is 6.31. The fourth-order valence-corrected chi connectivity index (χ4v) is 10.2. The molecule has 6 bridgehead atoms. The van der Waals surface area contributed by atoms with E-state index in [9.17, 15) is 0 Å². The average Bonchev–Trinajstić information content (AvgIpc) is 3.08. The minimum atomic E-state index is 0.636. The molecular formula is C42H39ClN2. The smallest absolute Gasteiger partial charge is 0.0618 e. The van der Waals surface area contributed by atoms with Crippen molar-refractivity contribution in [3.8, 4) is 22.3 Å². The first-order valence-electron chi connectivity index (χ1n) is 16.9. The Bertz CT molecular complexity index is 1760. The third kappa shape index (κ3) is 4.60. The highest BCUT2D eigenvalue weighted by atomic mass is 35.5. The normalized spacial score (nSPS) is 26.2. The number of piperidine rings is 2. The maximum atomic E-state index is 7.15. The molecule has 0 radical (unpaired) electrons. The minimum Gasteiger partial charge on any atom is -0.365 e. The van der Waals surface area contributed by atoms with E-state index in [0.717, 1.165) is 40.1 Å². The van der Waals surface area contributed by atoms with Crippen molar-refractivity contribution in [1.29, 1.82) is 0 Å². The van der Waals surface area contributed by atoms with Gasteiger partial charge in [0.15, 0.2) is 0 Å². The first-order valence-corrected chi connectivity index (χ1v) is 17.3. The van der Waals surface area contributed by atoms with Crippen LogP contribution in [0.15, 0.2) is 127 Å². The van der Waals surface area contributed by atoms with Crippen LogP contribution in [0.3, 0.4) is 0 Å². The lowest BCUT2D eigenvalue weighted by Crippen LogP contribution is -2.66. The number of nitrogens with zero attached hydrogens (tertiary/aromatic N) is 2. The Labute approximate surface area is 272 Å². The molecule has 45 heavy (non-hydrogen) atoms. The van der Waals surface area contributed by atoms with E-state index in [4.69, 9.17) is 11.6 Å². The van der Waals surface area contributed by atoms with E-state index in [-0.39, 0.29) is 0 Å². The zero-order valence-electron chi connectivity index (χ0n) is 25.6. The summed E-state index contributed by atoms with van der Waals surface area (Å²) in [6.45, 7) is 0. The van der Waals surface area contributed by atoms with Crippen molar-refractivity contribution < 1.29 is 0 Å². The van der Waals surface area contributed by atoms with E-state index in [1.54, 1.807) is 0 Å². The Morgan fingerprint density at radius 2 is 1.22 bits per heavy atom. The standard InChI is InChI=1S/C42H39ClN2/c43-31-24-34(44-33-22-30-23-41(44)39-21-10-18-36(30)40(39)27-33)26-35(25-31)45(32-16-8-3-9-17-32)42-37(28-12-4-1-5-13-28)19-11-20-38(42)29-14-6-2-7-15-29/h1-9,11-17,19-20,24-26,30,33,36,39-41H,10,18,21-23,27H2. The van der Waals surface area contributed by atoms with Gasteiger partial charge in [0.25, 0.3) is 0 Å². The quantitative estimate of drug-likeness (QED) is 0.190. The fourth-order valence-electron chi connectivity index (χ4n) is 9.97. The molecule has 3 heteroatoms. The summed E-state index contributed by atoms with van der Waals surface area (Å²) in [7, 11) is 0. The average molecular weight is 607 g/mol. The summed E-state index contributed by atoms with van der Waals surface area (Å²) < 4.78 is 0. The fraction of sp³-hybridized carbons (Fsp3) is 0.286. The Balaban J connectivity index is 1.24. The minimum absolute atomic E-state index is 0.636. The molecule has 0 spiro atoms. The van der Waals surface area contributed by atoms with Gasteiger partial charge in [-0.3, -0.25) is 0 Å². The highest BCUT2D eigenvalue weighted by Crippen LogP contribution is 2.61. The van der Waals surface area contributed by atoms with Crippen LogP contribution < -0.4 is 9.80 Å². The molecule has 0 N–H and O–H groups in total. The second-order valence-electron chi connectivity index (χ2n) is 13.8. The van der Waals surface area contributed by atoms with Crippen molar-refractivity contribution in [2.75, 3.05) is 9.80 Å². The first-order chi connectivity index (χ1) is 22.2. The molecule has 0 amide bonds. The van der Waals surface area contributed by atoms with Gasteiger partial charge in [-0.25, -0.2) is 0 Å². The molecule has 2 nitrogen and oxygen atoms in total. The van der Waals surface area contributed by atoms with Crippen molar-refractivity contribution >= 4 is 34.4 Å². The summed E-state index contributed by atoms with van der Waals surface area (Å²) >= 11 is 7.15. The first kappa shape index (κ1) is 27.3. The molecular weight excluding hydrogens is 568 g/mol. The van der Waals surface area contributed by atoms with Crippen LogP contribution in [-0.2, 0) is 0 Å². The van der Waals surface area contributed by atoms with Gasteiger partial charge >= 0.3 is 0 Å². The maximum absolute atomic E-state index is 7.15. The lowest BCUT2D eigenvalue weighted by molar-refractivity contribution is -0.0593. The van der Waals surface area contributed by atoms with Crippen molar-refractivity contribution in [1.82, 2.24) is 0 Å². The molecule has 6 atom stereocenters. The van der Waals surface area contributed by atoms with E-state index in [1.807, 2.05) is 0 Å². The molecule has 224 valence electrons. The summed E-state index contributed by atoms with van der Waals surface area (Å²) in [5, 5.41) is 0.803. The van der Waals surface area contributed by atoms with Crippen molar-refractivity contribution in [3.05, 3.63) is 132 Å². The van der Waals surface area contributed by atoms with Crippen molar-refractivity contribution in [2.24, 2.45) is 23.7 Å². The summed E-state index contributed by atoms with van der Waals surface area (Å²) in [5.74, 6) is 3.71. The number of halogens is 1. The molecule has 5 aromatic rings.